The Morgan fingerprint density at radius 3 is 2.70 bits per heavy atom. The van der Waals surface area contributed by atoms with Gasteiger partial charge in [0.25, 0.3) is 5.69 Å². The molecule has 7 heteroatoms. The number of anilines is 2. The van der Waals surface area contributed by atoms with Crippen molar-refractivity contribution in [2.75, 3.05) is 57.4 Å². The van der Waals surface area contributed by atoms with Gasteiger partial charge in [-0.25, -0.2) is 0 Å². The quantitative estimate of drug-likeness (QED) is 0.472. The first-order valence-electron chi connectivity index (χ1n) is 6.75. The number of hydrogen-bond donors (Lipinski definition) is 2. The third kappa shape index (κ3) is 3.82. The lowest BCUT2D eigenvalue weighted by Gasteiger charge is -2.32. The van der Waals surface area contributed by atoms with Gasteiger partial charge >= 0.3 is 0 Å². The van der Waals surface area contributed by atoms with Crippen LogP contribution < -0.4 is 11.1 Å². The Labute approximate surface area is 118 Å². The van der Waals surface area contributed by atoms with Crippen molar-refractivity contribution in [3.63, 3.8) is 0 Å². The maximum absolute atomic E-state index is 11.0. The van der Waals surface area contributed by atoms with Crippen LogP contribution in [0.1, 0.15) is 0 Å². The Bertz CT molecular complexity index is 472. The Morgan fingerprint density at radius 2 is 2.05 bits per heavy atom. The van der Waals surface area contributed by atoms with E-state index >= 15 is 0 Å². The molecule has 0 aliphatic carbocycles. The van der Waals surface area contributed by atoms with Gasteiger partial charge in [-0.3, -0.25) is 15.0 Å². The smallest absolute Gasteiger partial charge is 0.294 e. The van der Waals surface area contributed by atoms with E-state index in [1.807, 2.05) is 0 Å². The number of rotatable bonds is 5. The average molecular weight is 279 g/mol. The molecule has 0 unspecified atom stereocenters. The molecule has 7 nitrogen and oxygen atoms in total. The number of nitrogen functional groups attached to an aromatic ring is 1. The van der Waals surface area contributed by atoms with Gasteiger partial charge in [0.15, 0.2) is 0 Å². The van der Waals surface area contributed by atoms with Crippen LogP contribution in [0.2, 0.25) is 0 Å². The molecule has 0 bridgehead atoms. The van der Waals surface area contributed by atoms with E-state index in [0.29, 0.717) is 17.9 Å². The largest absolute Gasteiger partial charge is 0.399 e. The second-order valence-corrected chi connectivity index (χ2v) is 5.11. The molecule has 0 aromatic heterocycles. The highest BCUT2D eigenvalue weighted by molar-refractivity contribution is 5.66. The molecule has 1 aliphatic rings. The number of benzene rings is 1. The Morgan fingerprint density at radius 1 is 1.35 bits per heavy atom. The van der Waals surface area contributed by atoms with E-state index in [1.54, 1.807) is 12.1 Å². The highest BCUT2D eigenvalue weighted by atomic mass is 16.6. The monoisotopic (exact) mass is 279 g/mol. The summed E-state index contributed by atoms with van der Waals surface area (Å²) < 4.78 is 0. The van der Waals surface area contributed by atoms with Gasteiger partial charge < -0.3 is 16.0 Å². The normalized spacial score (nSPS) is 17.1. The molecular formula is C13H21N5O2. The first-order chi connectivity index (χ1) is 9.56. The Balaban J connectivity index is 1.86. The van der Waals surface area contributed by atoms with Gasteiger partial charge in [0, 0.05) is 51.0 Å². The summed E-state index contributed by atoms with van der Waals surface area (Å²) >= 11 is 0. The van der Waals surface area contributed by atoms with E-state index in [2.05, 4.69) is 22.2 Å². The van der Waals surface area contributed by atoms with Crippen molar-refractivity contribution in [3.8, 4) is 0 Å². The van der Waals surface area contributed by atoms with Crippen molar-refractivity contribution in [1.29, 1.82) is 0 Å². The molecule has 1 saturated heterocycles. The number of nitro groups is 1. The van der Waals surface area contributed by atoms with E-state index in [0.717, 1.165) is 32.7 Å². The van der Waals surface area contributed by atoms with Crippen LogP contribution in [-0.4, -0.2) is 61.0 Å². The summed E-state index contributed by atoms with van der Waals surface area (Å²) in [4.78, 5) is 15.2. The van der Waals surface area contributed by atoms with Crippen LogP contribution in [0.3, 0.4) is 0 Å². The lowest BCUT2D eigenvalue weighted by atomic mass is 10.2. The minimum atomic E-state index is -0.408. The molecule has 0 spiro atoms. The molecule has 0 atom stereocenters. The molecule has 0 radical (unpaired) electrons. The van der Waals surface area contributed by atoms with Gasteiger partial charge in [0.05, 0.1) is 4.92 Å². The van der Waals surface area contributed by atoms with Crippen LogP contribution in [0.4, 0.5) is 17.1 Å². The number of nitrogens with zero attached hydrogens (tertiary/aromatic N) is 3. The Hall–Kier alpha value is -1.86. The zero-order valence-corrected chi connectivity index (χ0v) is 11.7. The van der Waals surface area contributed by atoms with Crippen molar-refractivity contribution >= 4 is 17.1 Å². The van der Waals surface area contributed by atoms with Gasteiger partial charge in [-0.1, -0.05) is 0 Å². The predicted molar refractivity (Wildman–Crippen MR) is 79.9 cm³/mol. The van der Waals surface area contributed by atoms with E-state index in [-0.39, 0.29) is 5.69 Å². The molecule has 110 valence electrons. The SMILES string of the molecule is CN1CCN(CCNc2ccc(N)cc2[N+](=O)[O-])CC1. The van der Waals surface area contributed by atoms with Gasteiger partial charge in [0.2, 0.25) is 0 Å². The van der Waals surface area contributed by atoms with Crippen LogP contribution in [0, 0.1) is 10.1 Å². The number of piperazine rings is 1. The fraction of sp³-hybridized carbons (Fsp3) is 0.538. The van der Waals surface area contributed by atoms with Crippen molar-refractivity contribution in [1.82, 2.24) is 9.80 Å². The summed E-state index contributed by atoms with van der Waals surface area (Å²) in [6.45, 7) is 5.80. The van der Waals surface area contributed by atoms with Crippen LogP contribution in [0.25, 0.3) is 0 Å². The molecule has 3 N–H and O–H groups in total. The van der Waals surface area contributed by atoms with E-state index < -0.39 is 4.92 Å². The summed E-state index contributed by atoms with van der Waals surface area (Å²) in [5.74, 6) is 0. The molecule has 0 saturated carbocycles. The predicted octanol–water partition coefficient (Wildman–Crippen LogP) is 0.836. The fourth-order valence-electron chi connectivity index (χ4n) is 2.27. The summed E-state index contributed by atoms with van der Waals surface area (Å²) in [5, 5.41) is 14.1. The van der Waals surface area contributed by atoms with Crippen molar-refractivity contribution < 1.29 is 4.92 Å². The van der Waals surface area contributed by atoms with E-state index in [9.17, 15) is 10.1 Å². The standard InChI is InChI=1S/C13H21N5O2/c1-16-6-8-17(9-7-16)5-4-15-12-3-2-11(14)10-13(12)18(19)20/h2-3,10,15H,4-9,14H2,1H3. The second kappa shape index (κ2) is 6.53. The first-order valence-corrected chi connectivity index (χ1v) is 6.75. The summed E-state index contributed by atoms with van der Waals surface area (Å²) in [6, 6.07) is 4.72. The minimum Gasteiger partial charge on any atom is -0.399 e. The zero-order chi connectivity index (χ0) is 14.5. The van der Waals surface area contributed by atoms with Crippen LogP contribution in [0.15, 0.2) is 18.2 Å². The van der Waals surface area contributed by atoms with Crippen molar-refractivity contribution in [3.05, 3.63) is 28.3 Å². The van der Waals surface area contributed by atoms with Crippen LogP contribution in [0.5, 0.6) is 0 Å². The van der Waals surface area contributed by atoms with Gasteiger partial charge in [-0.2, -0.15) is 0 Å². The number of nitrogens with two attached hydrogens (primary N) is 1. The highest BCUT2D eigenvalue weighted by Gasteiger charge is 2.15. The molecule has 2 rings (SSSR count). The summed E-state index contributed by atoms with van der Waals surface area (Å²) in [7, 11) is 2.12. The highest BCUT2D eigenvalue weighted by Crippen LogP contribution is 2.26. The number of nitro benzene ring substituents is 1. The molecule has 1 heterocycles. The van der Waals surface area contributed by atoms with Gasteiger partial charge in [0.1, 0.15) is 5.69 Å². The maximum atomic E-state index is 11.0. The Kier molecular flexibility index (Phi) is 4.75. The minimum absolute atomic E-state index is 0.0309. The maximum Gasteiger partial charge on any atom is 0.294 e. The third-order valence-electron chi connectivity index (χ3n) is 3.56. The van der Waals surface area contributed by atoms with E-state index in [1.165, 1.54) is 6.07 Å². The topological polar surface area (TPSA) is 87.7 Å². The second-order valence-electron chi connectivity index (χ2n) is 5.11. The van der Waals surface area contributed by atoms with Gasteiger partial charge in [-0.05, 0) is 19.2 Å². The number of hydrogen-bond acceptors (Lipinski definition) is 6. The average Bonchev–Trinajstić information content (AvgIpc) is 2.42. The molecule has 1 fully saturated rings. The summed E-state index contributed by atoms with van der Waals surface area (Å²) in [5.41, 5.74) is 6.54. The van der Waals surface area contributed by atoms with Crippen molar-refractivity contribution in [2.24, 2.45) is 0 Å². The zero-order valence-electron chi connectivity index (χ0n) is 11.7. The number of nitrogens with one attached hydrogen (secondary N) is 1. The lowest BCUT2D eigenvalue weighted by molar-refractivity contribution is -0.383. The molecule has 1 aliphatic heterocycles. The third-order valence-corrected chi connectivity index (χ3v) is 3.56. The van der Waals surface area contributed by atoms with E-state index in [4.69, 9.17) is 5.73 Å². The molecule has 1 aromatic carbocycles. The molecule has 20 heavy (non-hydrogen) atoms. The van der Waals surface area contributed by atoms with Crippen molar-refractivity contribution in [2.45, 2.75) is 0 Å². The number of likely N-dealkylation sites (N-methyl/N-ethyl adjacent to an activating group) is 1. The molecular weight excluding hydrogens is 258 g/mol. The molecule has 0 amide bonds. The molecule has 1 aromatic rings. The van der Waals surface area contributed by atoms with Gasteiger partial charge in [-0.15, -0.1) is 0 Å². The first kappa shape index (κ1) is 14.5. The van der Waals surface area contributed by atoms with Crippen LogP contribution >= 0.6 is 0 Å². The lowest BCUT2D eigenvalue weighted by Crippen LogP contribution is -2.45. The fourth-order valence-corrected chi connectivity index (χ4v) is 2.27. The summed E-state index contributed by atoms with van der Waals surface area (Å²) in [6.07, 6.45) is 0. The van der Waals surface area contributed by atoms with Crippen LogP contribution in [-0.2, 0) is 0 Å².